The number of nitrogens with one attached hydrogen (secondary N) is 1. The molecule has 0 aliphatic heterocycles. The topological polar surface area (TPSA) is 67.4 Å². The molecule has 3 rings (SSSR count). The van der Waals surface area contributed by atoms with Crippen molar-refractivity contribution in [2.24, 2.45) is 0 Å². The smallest absolute Gasteiger partial charge is 0.276 e. The van der Waals surface area contributed by atoms with Gasteiger partial charge in [0.05, 0.1) is 12.8 Å². The number of amides is 1. The van der Waals surface area contributed by atoms with Crippen LogP contribution in [0.2, 0.25) is 0 Å². The van der Waals surface area contributed by atoms with Gasteiger partial charge in [0.2, 0.25) is 0 Å². The molecule has 0 saturated heterocycles. The number of hydrogen-bond acceptors (Lipinski definition) is 5. The summed E-state index contributed by atoms with van der Waals surface area (Å²) in [5, 5.41) is 11.2. The van der Waals surface area contributed by atoms with Gasteiger partial charge in [-0.25, -0.2) is 0 Å². The van der Waals surface area contributed by atoms with E-state index in [0.717, 1.165) is 24.5 Å². The molecule has 1 heterocycles. The minimum Gasteiger partial charge on any atom is -0.495 e. The molecule has 1 amide bonds. The fourth-order valence-corrected chi connectivity index (χ4v) is 2.88. The van der Waals surface area contributed by atoms with Gasteiger partial charge in [-0.3, -0.25) is 4.79 Å². The van der Waals surface area contributed by atoms with Crippen molar-refractivity contribution in [2.45, 2.75) is 20.4 Å². The number of ether oxygens (including phenoxy) is 1. The fourth-order valence-electron chi connectivity index (χ4n) is 2.88. The molecule has 0 aliphatic rings. The third-order valence-corrected chi connectivity index (χ3v) is 4.41. The molecule has 1 aromatic heterocycles. The summed E-state index contributed by atoms with van der Waals surface area (Å²) < 4.78 is 5.30. The van der Waals surface area contributed by atoms with Crippen molar-refractivity contribution >= 4 is 17.4 Å². The van der Waals surface area contributed by atoms with Crippen LogP contribution in [0.1, 0.15) is 28.5 Å². The summed E-state index contributed by atoms with van der Waals surface area (Å²) in [6, 6.07) is 19.3. The van der Waals surface area contributed by atoms with Crippen molar-refractivity contribution in [1.29, 1.82) is 0 Å². The summed E-state index contributed by atoms with van der Waals surface area (Å²) in [4.78, 5) is 14.7. The first kappa shape index (κ1) is 19.4. The van der Waals surface area contributed by atoms with Crippen LogP contribution >= 0.6 is 0 Å². The first-order chi connectivity index (χ1) is 13.6. The van der Waals surface area contributed by atoms with Crippen LogP contribution in [0.4, 0.5) is 11.5 Å². The molecule has 0 radical (unpaired) electrons. The van der Waals surface area contributed by atoms with E-state index in [0.29, 0.717) is 11.4 Å². The summed E-state index contributed by atoms with van der Waals surface area (Å²) in [5.41, 5.74) is 3.08. The van der Waals surface area contributed by atoms with Gasteiger partial charge in [0, 0.05) is 13.1 Å². The van der Waals surface area contributed by atoms with Gasteiger partial charge < -0.3 is 15.0 Å². The minimum atomic E-state index is -0.325. The molecule has 0 aliphatic carbocycles. The third kappa shape index (κ3) is 4.65. The Bertz CT molecular complexity index is 927. The molecule has 0 bridgehead atoms. The van der Waals surface area contributed by atoms with Crippen LogP contribution in [0.15, 0.2) is 60.7 Å². The van der Waals surface area contributed by atoms with E-state index in [4.69, 9.17) is 4.74 Å². The first-order valence-electron chi connectivity index (χ1n) is 9.19. The highest BCUT2D eigenvalue weighted by atomic mass is 16.5. The van der Waals surface area contributed by atoms with Gasteiger partial charge in [0.25, 0.3) is 5.91 Å². The minimum absolute atomic E-state index is 0.253. The summed E-state index contributed by atoms with van der Waals surface area (Å²) in [6.45, 7) is 5.54. The Kier molecular flexibility index (Phi) is 6.22. The second-order valence-corrected chi connectivity index (χ2v) is 6.43. The van der Waals surface area contributed by atoms with E-state index in [-0.39, 0.29) is 11.6 Å². The van der Waals surface area contributed by atoms with Crippen molar-refractivity contribution in [2.75, 3.05) is 23.9 Å². The lowest BCUT2D eigenvalue weighted by atomic mass is 10.2. The maximum Gasteiger partial charge on any atom is 0.276 e. The predicted octanol–water partition coefficient (Wildman–Crippen LogP) is 4.07. The van der Waals surface area contributed by atoms with Gasteiger partial charge >= 0.3 is 0 Å². The van der Waals surface area contributed by atoms with Crippen molar-refractivity contribution in [3.8, 4) is 5.75 Å². The zero-order valence-corrected chi connectivity index (χ0v) is 16.3. The standard InChI is InChI=1S/C22H24N4O2/c1-4-26(15-17-8-6-5-7-9-17)21-13-11-18(24-25-21)22(27)23-19-14-16(2)10-12-20(19)28-3/h5-14H,4,15H2,1-3H3,(H,23,27). The maximum atomic E-state index is 12.6. The quantitative estimate of drug-likeness (QED) is 0.673. The van der Waals surface area contributed by atoms with Crippen LogP contribution < -0.4 is 15.0 Å². The summed E-state index contributed by atoms with van der Waals surface area (Å²) >= 11 is 0. The van der Waals surface area contributed by atoms with Gasteiger partial charge in [0.15, 0.2) is 11.5 Å². The molecule has 0 saturated carbocycles. The zero-order chi connectivity index (χ0) is 19.9. The van der Waals surface area contributed by atoms with Gasteiger partial charge in [-0.2, -0.15) is 0 Å². The van der Waals surface area contributed by atoms with E-state index in [1.54, 1.807) is 13.2 Å². The Labute approximate surface area is 165 Å². The molecular formula is C22H24N4O2. The lowest BCUT2D eigenvalue weighted by Gasteiger charge is -2.21. The van der Waals surface area contributed by atoms with E-state index >= 15 is 0 Å². The highest BCUT2D eigenvalue weighted by Gasteiger charge is 2.14. The van der Waals surface area contributed by atoms with Gasteiger partial charge in [0.1, 0.15) is 5.75 Å². The normalized spacial score (nSPS) is 10.4. The van der Waals surface area contributed by atoms with Crippen LogP contribution in [0.3, 0.4) is 0 Å². The maximum absolute atomic E-state index is 12.6. The highest BCUT2D eigenvalue weighted by molar-refractivity contribution is 6.03. The van der Waals surface area contributed by atoms with Crippen LogP contribution in [-0.2, 0) is 6.54 Å². The molecular weight excluding hydrogens is 352 g/mol. The lowest BCUT2D eigenvalue weighted by Crippen LogP contribution is -2.24. The predicted molar refractivity (Wildman–Crippen MR) is 111 cm³/mol. The van der Waals surface area contributed by atoms with Crippen molar-refractivity contribution < 1.29 is 9.53 Å². The largest absolute Gasteiger partial charge is 0.495 e. The van der Waals surface area contributed by atoms with Crippen LogP contribution in [0.25, 0.3) is 0 Å². The molecule has 6 heteroatoms. The van der Waals surface area contributed by atoms with E-state index < -0.39 is 0 Å². The first-order valence-corrected chi connectivity index (χ1v) is 9.19. The number of aryl methyl sites for hydroxylation is 1. The fraction of sp³-hybridized carbons (Fsp3) is 0.227. The molecule has 0 spiro atoms. The number of benzene rings is 2. The monoisotopic (exact) mass is 376 g/mol. The molecule has 2 aromatic carbocycles. The Morgan fingerprint density at radius 3 is 2.50 bits per heavy atom. The van der Waals surface area contributed by atoms with E-state index in [9.17, 15) is 4.79 Å². The molecule has 6 nitrogen and oxygen atoms in total. The van der Waals surface area contributed by atoms with E-state index in [2.05, 4.69) is 39.5 Å². The van der Waals surface area contributed by atoms with E-state index in [1.807, 2.05) is 49.4 Å². The number of carbonyl (C=O) groups excluding carboxylic acids is 1. The Balaban J connectivity index is 1.72. The molecule has 0 atom stereocenters. The van der Waals surface area contributed by atoms with Gasteiger partial charge in [-0.15, -0.1) is 10.2 Å². The van der Waals surface area contributed by atoms with Crippen LogP contribution in [0, 0.1) is 6.92 Å². The number of rotatable bonds is 7. The van der Waals surface area contributed by atoms with Crippen molar-refractivity contribution in [3.63, 3.8) is 0 Å². The average Bonchev–Trinajstić information content (AvgIpc) is 2.73. The SMILES string of the molecule is CCN(Cc1ccccc1)c1ccc(C(=O)Nc2cc(C)ccc2OC)nn1. The van der Waals surface area contributed by atoms with Crippen LogP contribution in [-0.4, -0.2) is 29.8 Å². The summed E-state index contributed by atoms with van der Waals surface area (Å²) in [6.07, 6.45) is 0. The second-order valence-electron chi connectivity index (χ2n) is 6.43. The molecule has 0 unspecified atom stereocenters. The Morgan fingerprint density at radius 2 is 1.86 bits per heavy atom. The van der Waals surface area contributed by atoms with Gasteiger partial charge in [-0.1, -0.05) is 36.4 Å². The average molecular weight is 376 g/mol. The number of anilines is 2. The number of methoxy groups -OCH3 is 1. The van der Waals surface area contributed by atoms with Crippen molar-refractivity contribution in [3.05, 3.63) is 77.5 Å². The Morgan fingerprint density at radius 1 is 1.07 bits per heavy atom. The third-order valence-electron chi connectivity index (χ3n) is 4.41. The number of hydrogen-bond donors (Lipinski definition) is 1. The lowest BCUT2D eigenvalue weighted by molar-refractivity contribution is 0.102. The Hall–Kier alpha value is -3.41. The summed E-state index contributed by atoms with van der Waals surface area (Å²) in [5.74, 6) is 1.01. The zero-order valence-electron chi connectivity index (χ0n) is 16.3. The molecule has 1 N–H and O–H groups in total. The van der Waals surface area contributed by atoms with Gasteiger partial charge in [-0.05, 0) is 49.2 Å². The molecule has 3 aromatic rings. The van der Waals surface area contributed by atoms with E-state index in [1.165, 1.54) is 5.56 Å². The van der Waals surface area contributed by atoms with Crippen molar-refractivity contribution in [1.82, 2.24) is 10.2 Å². The molecule has 0 fully saturated rings. The number of aromatic nitrogens is 2. The second kappa shape index (κ2) is 8.99. The molecule has 144 valence electrons. The number of carbonyl (C=O) groups is 1. The highest BCUT2D eigenvalue weighted by Crippen LogP contribution is 2.25. The molecule has 28 heavy (non-hydrogen) atoms. The van der Waals surface area contributed by atoms with Crippen LogP contribution in [0.5, 0.6) is 5.75 Å². The summed E-state index contributed by atoms with van der Waals surface area (Å²) in [7, 11) is 1.57. The number of nitrogens with zero attached hydrogens (tertiary/aromatic N) is 3.